The van der Waals surface area contributed by atoms with Crippen molar-refractivity contribution < 1.29 is 9.53 Å². The van der Waals surface area contributed by atoms with Crippen LogP contribution in [-0.2, 0) is 13.0 Å². The first kappa shape index (κ1) is 23.9. The highest BCUT2D eigenvalue weighted by atomic mass is 35.5. The Hall–Kier alpha value is -2.86. The Morgan fingerprint density at radius 2 is 1.54 bits per heavy atom. The predicted octanol–water partition coefficient (Wildman–Crippen LogP) is 5.48. The third kappa shape index (κ3) is 6.04. The van der Waals surface area contributed by atoms with E-state index in [4.69, 9.17) is 16.3 Å². The first-order valence-corrected chi connectivity index (χ1v) is 12.6. The summed E-state index contributed by atoms with van der Waals surface area (Å²) in [4.78, 5) is 17.2. The fourth-order valence-corrected chi connectivity index (χ4v) is 5.52. The zero-order valence-corrected chi connectivity index (χ0v) is 20.9. The molecule has 1 spiro atoms. The molecule has 0 radical (unpaired) electrons. The number of nitrogens with one attached hydrogen (secondary N) is 1. The summed E-state index contributed by atoms with van der Waals surface area (Å²) < 4.78 is 5.41. The summed E-state index contributed by atoms with van der Waals surface area (Å²) in [5.41, 5.74) is 5.21. The van der Waals surface area contributed by atoms with Crippen molar-refractivity contribution in [2.75, 3.05) is 39.8 Å². The number of hydrogen-bond donors (Lipinski definition) is 1. The molecule has 5 rings (SSSR count). The number of likely N-dealkylation sites (tertiary alicyclic amines) is 2. The van der Waals surface area contributed by atoms with Gasteiger partial charge in [0.05, 0.1) is 0 Å². The Morgan fingerprint density at radius 1 is 0.914 bits per heavy atom. The van der Waals surface area contributed by atoms with E-state index in [2.05, 4.69) is 46.4 Å². The monoisotopic (exact) mass is 489 g/mol. The van der Waals surface area contributed by atoms with Gasteiger partial charge in [-0.3, -0.25) is 4.90 Å². The number of rotatable bonds is 7. The van der Waals surface area contributed by atoms with E-state index in [1.807, 2.05) is 36.4 Å². The summed E-state index contributed by atoms with van der Waals surface area (Å²) in [6, 6.07) is 23.9. The second-order valence-electron chi connectivity index (χ2n) is 10.0. The van der Waals surface area contributed by atoms with Gasteiger partial charge in [0.1, 0.15) is 5.75 Å². The minimum Gasteiger partial charge on any atom is -0.410 e. The molecule has 1 N–H and O–H groups in total. The molecule has 0 bridgehead atoms. The van der Waals surface area contributed by atoms with Crippen LogP contribution in [-0.4, -0.2) is 55.7 Å². The summed E-state index contributed by atoms with van der Waals surface area (Å²) in [5.74, 6) is 0.516. The lowest BCUT2D eigenvalue weighted by Crippen LogP contribution is -2.55. The van der Waals surface area contributed by atoms with E-state index in [-0.39, 0.29) is 0 Å². The van der Waals surface area contributed by atoms with E-state index >= 15 is 0 Å². The molecule has 0 aromatic heterocycles. The van der Waals surface area contributed by atoms with Gasteiger partial charge in [-0.05, 0) is 73.0 Å². The fraction of sp³-hybridized carbons (Fsp3) is 0.345. The standard InChI is InChI=1S/C29H32ClN3O2/c1-32-19-29(20-32)15-17-33(21-29)18-23-4-2-22(3-5-23)14-16-31-28(34)35-27-12-8-25(9-13-27)24-6-10-26(30)11-7-24/h2-13H,14-21H2,1H3,(H,31,34). The van der Waals surface area contributed by atoms with Crippen molar-refractivity contribution in [3.8, 4) is 16.9 Å². The number of carbonyl (C=O) groups excluding carboxylic acids is 1. The highest BCUT2D eigenvalue weighted by Gasteiger charge is 2.45. The minimum atomic E-state index is -0.439. The van der Waals surface area contributed by atoms with Crippen LogP contribution in [0.2, 0.25) is 5.02 Å². The maximum absolute atomic E-state index is 12.2. The fourth-order valence-electron chi connectivity index (χ4n) is 5.40. The number of nitrogens with zero attached hydrogens (tertiary/aromatic N) is 2. The van der Waals surface area contributed by atoms with Gasteiger partial charge in [0, 0.05) is 43.2 Å². The molecule has 2 heterocycles. The van der Waals surface area contributed by atoms with Gasteiger partial charge in [-0.15, -0.1) is 0 Å². The molecule has 0 atom stereocenters. The lowest BCUT2D eigenvalue weighted by molar-refractivity contribution is 0.0301. The van der Waals surface area contributed by atoms with Gasteiger partial charge in [0.25, 0.3) is 0 Å². The van der Waals surface area contributed by atoms with Gasteiger partial charge in [-0.2, -0.15) is 0 Å². The van der Waals surface area contributed by atoms with Crippen molar-refractivity contribution in [2.45, 2.75) is 19.4 Å². The summed E-state index contributed by atoms with van der Waals surface area (Å²) in [5, 5.41) is 3.55. The van der Waals surface area contributed by atoms with Gasteiger partial charge in [-0.25, -0.2) is 4.79 Å². The van der Waals surface area contributed by atoms with Crippen molar-refractivity contribution >= 4 is 17.7 Å². The second-order valence-corrected chi connectivity index (χ2v) is 10.5. The van der Waals surface area contributed by atoms with Gasteiger partial charge in [-0.1, -0.05) is 60.1 Å². The maximum Gasteiger partial charge on any atom is 0.412 e. The molecule has 0 aliphatic carbocycles. The molecule has 2 aliphatic heterocycles. The largest absolute Gasteiger partial charge is 0.412 e. The Labute approximate surface area is 212 Å². The molecular formula is C29H32ClN3O2. The van der Waals surface area contributed by atoms with Crippen LogP contribution in [0.3, 0.4) is 0 Å². The molecule has 0 unspecified atom stereocenters. The van der Waals surface area contributed by atoms with Crippen LogP contribution in [0, 0.1) is 5.41 Å². The molecule has 6 heteroatoms. The summed E-state index contributed by atoms with van der Waals surface area (Å²) >= 11 is 5.95. The van der Waals surface area contributed by atoms with E-state index < -0.39 is 6.09 Å². The minimum absolute atomic E-state index is 0.439. The molecule has 182 valence electrons. The number of carbonyl (C=O) groups is 1. The molecular weight excluding hydrogens is 458 g/mol. The molecule has 2 saturated heterocycles. The van der Waals surface area contributed by atoms with Gasteiger partial charge in [0.15, 0.2) is 0 Å². The second kappa shape index (κ2) is 10.4. The Balaban J connectivity index is 1.03. The van der Waals surface area contributed by atoms with Crippen molar-refractivity contribution in [1.29, 1.82) is 0 Å². The molecule has 1 amide bonds. The number of amides is 1. The quantitative estimate of drug-likeness (QED) is 0.477. The topological polar surface area (TPSA) is 44.8 Å². The lowest BCUT2D eigenvalue weighted by Gasteiger charge is -2.46. The molecule has 0 saturated carbocycles. The van der Waals surface area contributed by atoms with E-state index in [0.717, 1.165) is 24.1 Å². The SMILES string of the molecule is CN1CC2(CCN(Cc3ccc(CCNC(=O)Oc4ccc(-c5ccc(Cl)cc5)cc4)cc3)C2)C1. The highest BCUT2D eigenvalue weighted by molar-refractivity contribution is 6.30. The predicted molar refractivity (Wildman–Crippen MR) is 141 cm³/mol. The number of ether oxygens (including phenoxy) is 1. The first-order chi connectivity index (χ1) is 17.0. The zero-order valence-electron chi connectivity index (χ0n) is 20.2. The lowest BCUT2D eigenvalue weighted by atomic mass is 9.79. The van der Waals surface area contributed by atoms with Crippen LogP contribution >= 0.6 is 11.6 Å². The zero-order chi connectivity index (χ0) is 24.3. The van der Waals surface area contributed by atoms with Crippen molar-refractivity contribution in [3.05, 3.63) is 88.9 Å². The number of hydrogen-bond acceptors (Lipinski definition) is 4. The Bertz CT molecular complexity index is 1140. The molecule has 5 nitrogen and oxygen atoms in total. The van der Waals surface area contributed by atoms with E-state index in [9.17, 15) is 4.79 Å². The summed E-state index contributed by atoms with van der Waals surface area (Å²) in [6.07, 6.45) is 1.65. The van der Waals surface area contributed by atoms with E-state index in [1.54, 1.807) is 12.1 Å². The summed E-state index contributed by atoms with van der Waals surface area (Å²) in [7, 11) is 2.21. The number of halogens is 1. The van der Waals surface area contributed by atoms with Crippen molar-refractivity contribution in [1.82, 2.24) is 15.1 Å². The third-order valence-electron chi connectivity index (χ3n) is 7.08. The summed E-state index contributed by atoms with van der Waals surface area (Å²) in [6.45, 7) is 6.45. The molecule has 3 aromatic carbocycles. The molecule has 2 aliphatic rings. The smallest absolute Gasteiger partial charge is 0.410 e. The third-order valence-corrected chi connectivity index (χ3v) is 7.33. The molecule has 35 heavy (non-hydrogen) atoms. The van der Waals surface area contributed by atoms with E-state index in [0.29, 0.717) is 22.7 Å². The van der Waals surface area contributed by atoms with Crippen LogP contribution in [0.5, 0.6) is 5.75 Å². The maximum atomic E-state index is 12.2. The van der Waals surface area contributed by atoms with Gasteiger partial charge >= 0.3 is 6.09 Å². The van der Waals surface area contributed by atoms with Crippen LogP contribution in [0.1, 0.15) is 17.5 Å². The van der Waals surface area contributed by atoms with Gasteiger partial charge < -0.3 is 15.0 Å². The van der Waals surface area contributed by atoms with Crippen molar-refractivity contribution in [2.24, 2.45) is 5.41 Å². The van der Waals surface area contributed by atoms with E-state index in [1.165, 1.54) is 43.7 Å². The van der Waals surface area contributed by atoms with Crippen LogP contribution in [0.15, 0.2) is 72.8 Å². The Morgan fingerprint density at radius 3 is 2.20 bits per heavy atom. The van der Waals surface area contributed by atoms with Crippen LogP contribution < -0.4 is 10.1 Å². The average molecular weight is 490 g/mol. The normalized spacial score (nSPS) is 17.3. The Kier molecular flexibility index (Phi) is 7.09. The van der Waals surface area contributed by atoms with Crippen molar-refractivity contribution in [3.63, 3.8) is 0 Å². The first-order valence-electron chi connectivity index (χ1n) is 12.3. The van der Waals surface area contributed by atoms with Gasteiger partial charge in [0.2, 0.25) is 0 Å². The van der Waals surface area contributed by atoms with Crippen LogP contribution in [0.4, 0.5) is 4.79 Å². The number of benzene rings is 3. The molecule has 2 fully saturated rings. The molecule has 3 aromatic rings. The van der Waals surface area contributed by atoms with Crippen LogP contribution in [0.25, 0.3) is 11.1 Å². The highest BCUT2D eigenvalue weighted by Crippen LogP contribution is 2.39. The average Bonchev–Trinajstić information content (AvgIpc) is 3.25.